The Kier molecular flexibility index (Phi) is 8.19. The molecule has 2 heteroatoms. The summed E-state index contributed by atoms with van der Waals surface area (Å²) in [6, 6.07) is 9.62. The molecular weight excluding hydrogens is 238 g/mol. The van der Waals surface area contributed by atoms with E-state index in [1.807, 2.05) is 0 Å². The van der Waals surface area contributed by atoms with E-state index in [-0.39, 0.29) is 0 Å². The first-order valence-corrected chi connectivity index (χ1v) is 8.37. The van der Waals surface area contributed by atoms with Gasteiger partial charge < -0.3 is 5.32 Å². The van der Waals surface area contributed by atoms with Gasteiger partial charge in [-0.1, -0.05) is 45.0 Å². The molecule has 0 aliphatic carbocycles. The van der Waals surface area contributed by atoms with Gasteiger partial charge in [-0.3, -0.25) is 0 Å². The van der Waals surface area contributed by atoms with Gasteiger partial charge in [0, 0.05) is 11.8 Å². The van der Waals surface area contributed by atoms with Crippen molar-refractivity contribution >= 4 is 11.8 Å². The fraction of sp³-hybridized carbons (Fsp3) is 0.625. The van der Waals surface area contributed by atoms with E-state index in [0.717, 1.165) is 13.0 Å². The molecule has 1 N–H and O–H groups in total. The number of hydrogen-bond donors (Lipinski definition) is 1. The Morgan fingerprint density at radius 3 is 2.33 bits per heavy atom. The predicted molar refractivity (Wildman–Crippen MR) is 84.5 cm³/mol. The third-order valence-electron chi connectivity index (χ3n) is 3.06. The van der Waals surface area contributed by atoms with Gasteiger partial charge >= 0.3 is 0 Å². The fourth-order valence-corrected chi connectivity index (χ4v) is 2.92. The van der Waals surface area contributed by atoms with Gasteiger partial charge in [-0.05, 0) is 42.7 Å². The van der Waals surface area contributed by atoms with Crippen LogP contribution in [0.25, 0.3) is 0 Å². The lowest BCUT2D eigenvalue weighted by Crippen LogP contribution is -2.24. The van der Waals surface area contributed by atoms with E-state index in [2.05, 4.69) is 62.1 Å². The molecule has 0 fully saturated rings. The Hall–Kier alpha value is -0.470. The lowest BCUT2D eigenvalue weighted by atomic mass is 10.0. The van der Waals surface area contributed by atoms with Crippen LogP contribution in [0.5, 0.6) is 0 Å². The summed E-state index contributed by atoms with van der Waals surface area (Å²) in [5.74, 6) is 2.44. The molecule has 0 saturated heterocycles. The highest BCUT2D eigenvalue weighted by Crippen LogP contribution is 2.19. The number of thioether (sulfide) groups is 1. The Labute approximate surface area is 117 Å². The summed E-state index contributed by atoms with van der Waals surface area (Å²) in [5.41, 5.74) is 2.86. The second-order valence-electron chi connectivity index (χ2n) is 4.68. The van der Waals surface area contributed by atoms with Gasteiger partial charge in [0.1, 0.15) is 0 Å². The molecule has 1 aromatic carbocycles. The van der Waals surface area contributed by atoms with Crippen LogP contribution in [-0.4, -0.2) is 18.1 Å². The Balaban J connectivity index is 2.60. The first-order valence-electron chi connectivity index (χ1n) is 7.21. The summed E-state index contributed by atoms with van der Waals surface area (Å²) in [4.78, 5) is 0. The van der Waals surface area contributed by atoms with Gasteiger partial charge in [-0.15, -0.1) is 0 Å². The Bertz CT molecular complexity index is 307. The lowest BCUT2D eigenvalue weighted by molar-refractivity contribution is 0.577. The van der Waals surface area contributed by atoms with Gasteiger partial charge in [0.2, 0.25) is 0 Å². The van der Waals surface area contributed by atoms with Crippen molar-refractivity contribution in [3.05, 3.63) is 35.4 Å². The van der Waals surface area contributed by atoms with Crippen molar-refractivity contribution < 1.29 is 0 Å². The number of aryl methyl sites for hydroxylation is 1. The summed E-state index contributed by atoms with van der Waals surface area (Å²) < 4.78 is 0. The maximum Gasteiger partial charge on any atom is 0.0411 e. The lowest BCUT2D eigenvalue weighted by Gasteiger charge is -2.19. The molecule has 1 rings (SSSR count). The second kappa shape index (κ2) is 9.46. The zero-order chi connectivity index (χ0) is 13.2. The molecule has 1 unspecified atom stereocenters. The molecule has 102 valence electrons. The number of nitrogens with one attached hydrogen (secondary N) is 1. The quantitative estimate of drug-likeness (QED) is 0.663. The van der Waals surface area contributed by atoms with E-state index in [0.29, 0.717) is 6.04 Å². The second-order valence-corrected chi connectivity index (χ2v) is 5.83. The predicted octanol–water partition coefficient (Wildman–Crippen LogP) is 4.43. The number of rotatable bonds is 9. The van der Waals surface area contributed by atoms with Gasteiger partial charge in [0.25, 0.3) is 0 Å². The van der Waals surface area contributed by atoms with Gasteiger partial charge in [0.05, 0.1) is 0 Å². The summed E-state index contributed by atoms with van der Waals surface area (Å²) in [6.45, 7) is 7.78. The molecule has 0 saturated carbocycles. The maximum atomic E-state index is 3.66. The van der Waals surface area contributed by atoms with Crippen molar-refractivity contribution in [1.29, 1.82) is 0 Å². The molecule has 1 aromatic rings. The number of benzene rings is 1. The van der Waals surface area contributed by atoms with E-state index >= 15 is 0 Å². The topological polar surface area (TPSA) is 12.0 Å². The van der Waals surface area contributed by atoms with Crippen molar-refractivity contribution in [2.75, 3.05) is 18.1 Å². The van der Waals surface area contributed by atoms with Crippen LogP contribution in [0.2, 0.25) is 0 Å². The Morgan fingerprint density at radius 1 is 1.06 bits per heavy atom. The van der Waals surface area contributed by atoms with Crippen LogP contribution >= 0.6 is 11.8 Å². The van der Waals surface area contributed by atoms with Gasteiger partial charge in [0.15, 0.2) is 0 Å². The smallest absolute Gasteiger partial charge is 0.0411 e. The summed E-state index contributed by atoms with van der Waals surface area (Å²) in [6.07, 6.45) is 3.58. The molecular formula is C16H27NS. The Morgan fingerprint density at radius 2 is 1.78 bits per heavy atom. The molecule has 0 aromatic heterocycles. The zero-order valence-corrected chi connectivity index (χ0v) is 12.9. The van der Waals surface area contributed by atoms with Gasteiger partial charge in [-0.2, -0.15) is 11.8 Å². The summed E-state index contributed by atoms with van der Waals surface area (Å²) in [5, 5.41) is 3.66. The van der Waals surface area contributed by atoms with E-state index in [1.165, 1.54) is 35.5 Å². The molecule has 0 radical (unpaired) electrons. The van der Waals surface area contributed by atoms with Gasteiger partial charge in [-0.25, -0.2) is 0 Å². The van der Waals surface area contributed by atoms with Crippen molar-refractivity contribution in [2.45, 2.75) is 46.1 Å². The van der Waals surface area contributed by atoms with Crippen molar-refractivity contribution in [2.24, 2.45) is 0 Å². The molecule has 0 bridgehead atoms. The first kappa shape index (κ1) is 15.6. The van der Waals surface area contributed by atoms with E-state index in [1.54, 1.807) is 0 Å². The molecule has 1 nitrogen and oxygen atoms in total. The van der Waals surface area contributed by atoms with Crippen LogP contribution in [0.15, 0.2) is 24.3 Å². The molecule has 0 spiro atoms. The van der Waals surface area contributed by atoms with Crippen LogP contribution in [0.3, 0.4) is 0 Å². The molecule has 0 aliphatic rings. The van der Waals surface area contributed by atoms with Crippen molar-refractivity contribution in [3.8, 4) is 0 Å². The highest BCUT2D eigenvalue weighted by molar-refractivity contribution is 7.99. The molecule has 0 aliphatic heterocycles. The fourth-order valence-electron chi connectivity index (χ4n) is 1.92. The summed E-state index contributed by atoms with van der Waals surface area (Å²) >= 11 is 2.05. The van der Waals surface area contributed by atoms with Crippen molar-refractivity contribution in [3.63, 3.8) is 0 Å². The largest absolute Gasteiger partial charge is 0.309 e. The highest BCUT2D eigenvalue weighted by Gasteiger charge is 2.10. The third kappa shape index (κ3) is 5.45. The monoisotopic (exact) mass is 265 g/mol. The van der Waals surface area contributed by atoms with Crippen LogP contribution in [-0.2, 0) is 6.42 Å². The number of hydrogen-bond acceptors (Lipinski definition) is 2. The maximum absolute atomic E-state index is 3.66. The third-order valence-corrected chi connectivity index (χ3v) is 4.33. The van der Waals surface area contributed by atoms with Crippen LogP contribution < -0.4 is 5.32 Å². The van der Waals surface area contributed by atoms with Crippen LogP contribution in [0.1, 0.15) is 50.8 Å². The minimum absolute atomic E-state index is 0.507. The minimum Gasteiger partial charge on any atom is -0.309 e. The van der Waals surface area contributed by atoms with E-state index < -0.39 is 0 Å². The minimum atomic E-state index is 0.507. The van der Waals surface area contributed by atoms with Crippen LogP contribution in [0, 0.1) is 0 Å². The highest BCUT2D eigenvalue weighted by atomic mass is 32.2. The first-order chi connectivity index (χ1) is 8.81. The SMILES string of the molecule is CCCNC(CSCCC)c1ccc(CC)cc1. The van der Waals surface area contributed by atoms with E-state index in [4.69, 9.17) is 0 Å². The zero-order valence-electron chi connectivity index (χ0n) is 12.0. The molecule has 0 heterocycles. The molecule has 18 heavy (non-hydrogen) atoms. The normalized spacial score (nSPS) is 12.6. The standard InChI is InChI=1S/C16H27NS/c1-4-11-17-16(13-18-12-5-2)15-9-7-14(6-3)8-10-15/h7-10,16-17H,4-6,11-13H2,1-3H3. The van der Waals surface area contributed by atoms with E-state index in [9.17, 15) is 0 Å². The van der Waals surface area contributed by atoms with Crippen LogP contribution in [0.4, 0.5) is 0 Å². The summed E-state index contributed by atoms with van der Waals surface area (Å²) in [7, 11) is 0. The van der Waals surface area contributed by atoms with Crippen molar-refractivity contribution in [1.82, 2.24) is 5.32 Å². The molecule has 1 atom stereocenters. The average Bonchev–Trinajstić information content (AvgIpc) is 2.43. The molecule has 0 amide bonds. The average molecular weight is 265 g/mol.